The van der Waals surface area contributed by atoms with Gasteiger partial charge in [0.2, 0.25) is 21.8 Å². The molecule has 7 nitrogen and oxygen atoms in total. The van der Waals surface area contributed by atoms with Crippen molar-refractivity contribution < 1.29 is 31.2 Å². The largest absolute Gasteiger partial charge is 0.416 e. The molecule has 0 aliphatic heterocycles. The molecule has 1 atom stereocenters. The molecule has 12 heteroatoms. The van der Waals surface area contributed by atoms with E-state index in [0.717, 1.165) is 72.0 Å². The first-order chi connectivity index (χ1) is 21.8. The molecule has 248 valence electrons. The average Bonchev–Trinajstić information content (AvgIpc) is 3.02. The third-order valence-electron chi connectivity index (χ3n) is 8.10. The van der Waals surface area contributed by atoms with Crippen molar-refractivity contribution in [2.45, 2.75) is 76.2 Å². The van der Waals surface area contributed by atoms with Crippen LogP contribution in [-0.2, 0) is 38.8 Å². The third kappa shape index (κ3) is 10.2. The second-order valence-electron chi connectivity index (χ2n) is 11.7. The van der Waals surface area contributed by atoms with Crippen molar-refractivity contribution in [3.8, 4) is 0 Å². The number of nitrogens with one attached hydrogen (secondary N) is 1. The van der Waals surface area contributed by atoms with Crippen molar-refractivity contribution in [3.05, 3.63) is 101 Å². The number of sulfonamides is 1. The normalized spacial score (nSPS) is 14.8. The van der Waals surface area contributed by atoms with E-state index < -0.39 is 27.8 Å². The van der Waals surface area contributed by atoms with Crippen molar-refractivity contribution in [2.75, 3.05) is 17.1 Å². The van der Waals surface area contributed by atoms with E-state index in [1.807, 2.05) is 30.3 Å². The molecule has 1 aliphatic rings. The predicted molar refractivity (Wildman–Crippen MR) is 174 cm³/mol. The van der Waals surface area contributed by atoms with Gasteiger partial charge in [-0.2, -0.15) is 13.2 Å². The Labute approximate surface area is 273 Å². The molecule has 0 unspecified atom stereocenters. The minimum Gasteiger partial charge on any atom is -0.352 e. The van der Waals surface area contributed by atoms with E-state index in [-0.39, 0.29) is 55.9 Å². The Kier molecular flexibility index (Phi) is 12.1. The molecule has 0 radical (unpaired) electrons. The molecule has 0 saturated heterocycles. The van der Waals surface area contributed by atoms with E-state index in [1.165, 1.54) is 11.0 Å². The van der Waals surface area contributed by atoms with Crippen LogP contribution in [0.3, 0.4) is 0 Å². The van der Waals surface area contributed by atoms with Crippen LogP contribution in [-0.4, -0.2) is 50.0 Å². The number of carbonyl (C=O) groups excluding carboxylic acids is 2. The number of amides is 2. The van der Waals surface area contributed by atoms with E-state index in [9.17, 15) is 31.2 Å². The summed E-state index contributed by atoms with van der Waals surface area (Å²) in [5.41, 5.74) is 0.504. The van der Waals surface area contributed by atoms with E-state index in [0.29, 0.717) is 5.02 Å². The molecule has 0 bridgehead atoms. The fourth-order valence-corrected chi connectivity index (χ4v) is 6.81. The van der Waals surface area contributed by atoms with Gasteiger partial charge in [-0.05, 0) is 60.7 Å². The Morgan fingerprint density at radius 3 is 2.24 bits per heavy atom. The SMILES string of the molecule is CS(=O)(=O)N(CCCC(=O)N(Cc1ccc(Cl)cc1)[C@@H](Cc1ccccc1)C(=O)NC1CCCCC1)c1cccc(C(F)(F)F)c1. The summed E-state index contributed by atoms with van der Waals surface area (Å²) in [7, 11) is -3.97. The lowest BCUT2D eigenvalue weighted by Gasteiger charge is -2.34. The zero-order chi connectivity index (χ0) is 33.3. The Bertz CT molecular complexity index is 1560. The fraction of sp³-hybridized carbons (Fsp3) is 0.412. The number of hydrogen-bond acceptors (Lipinski definition) is 4. The van der Waals surface area contributed by atoms with Crippen molar-refractivity contribution >= 4 is 39.1 Å². The van der Waals surface area contributed by atoms with Crippen molar-refractivity contribution in [3.63, 3.8) is 0 Å². The summed E-state index contributed by atoms with van der Waals surface area (Å²) in [6, 6.07) is 19.6. The van der Waals surface area contributed by atoms with Crippen LogP contribution >= 0.6 is 11.6 Å². The quantitative estimate of drug-likeness (QED) is 0.211. The zero-order valence-electron chi connectivity index (χ0n) is 25.7. The summed E-state index contributed by atoms with van der Waals surface area (Å²) in [5, 5.41) is 3.69. The second-order valence-corrected chi connectivity index (χ2v) is 14.0. The van der Waals surface area contributed by atoms with Gasteiger partial charge in [-0.15, -0.1) is 0 Å². The van der Waals surface area contributed by atoms with E-state index >= 15 is 0 Å². The van der Waals surface area contributed by atoms with Crippen LogP contribution < -0.4 is 9.62 Å². The maximum absolute atomic E-state index is 14.0. The van der Waals surface area contributed by atoms with Crippen LogP contribution in [0.4, 0.5) is 18.9 Å². The van der Waals surface area contributed by atoms with Gasteiger partial charge in [-0.25, -0.2) is 8.42 Å². The van der Waals surface area contributed by atoms with Gasteiger partial charge in [0, 0.05) is 37.0 Å². The Morgan fingerprint density at radius 2 is 1.61 bits per heavy atom. The van der Waals surface area contributed by atoms with Crippen LogP contribution in [0.5, 0.6) is 0 Å². The first kappa shape index (κ1) is 35.3. The molecule has 1 fully saturated rings. The van der Waals surface area contributed by atoms with E-state index in [2.05, 4.69) is 5.32 Å². The molecule has 1 saturated carbocycles. The standard InChI is InChI=1S/C34H39ClF3N3O4S/c1-46(44,45)41(30-15-8-12-27(23-30)34(36,37)38)21-9-16-32(42)40(24-26-17-19-28(35)20-18-26)31(22-25-10-4-2-5-11-25)33(43)39-29-13-6-3-7-14-29/h2,4-5,8,10-12,15,17-20,23,29,31H,3,6-7,9,13-14,16,21-22,24H2,1H3,(H,39,43)/t31-/m0/s1. The van der Waals surface area contributed by atoms with Gasteiger partial charge in [0.15, 0.2) is 0 Å². The number of hydrogen-bond donors (Lipinski definition) is 1. The highest BCUT2D eigenvalue weighted by Gasteiger charge is 2.33. The van der Waals surface area contributed by atoms with Crippen LogP contribution in [0.25, 0.3) is 0 Å². The summed E-state index contributed by atoms with van der Waals surface area (Å²) in [4.78, 5) is 29.4. The minimum absolute atomic E-state index is 0.0154. The fourth-order valence-electron chi connectivity index (χ4n) is 5.73. The molecule has 0 heterocycles. The first-order valence-corrected chi connectivity index (χ1v) is 17.6. The topological polar surface area (TPSA) is 86.8 Å². The molecule has 46 heavy (non-hydrogen) atoms. The second kappa shape index (κ2) is 15.8. The molecule has 4 rings (SSSR count). The molecule has 3 aromatic carbocycles. The maximum atomic E-state index is 14.0. The number of halogens is 4. The van der Waals surface area contributed by atoms with E-state index in [4.69, 9.17) is 11.6 Å². The third-order valence-corrected chi connectivity index (χ3v) is 9.55. The number of nitrogens with zero attached hydrogens (tertiary/aromatic N) is 2. The number of benzene rings is 3. The van der Waals surface area contributed by atoms with Crippen molar-refractivity contribution in [1.82, 2.24) is 10.2 Å². The lowest BCUT2D eigenvalue weighted by molar-refractivity contribution is -0.141. The summed E-state index contributed by atoms with van der Waals surface area (Å²) in [6.45, 7) is -0.118. The molecule has 0 aromatic heterocycles. The Hall–Kier alpha value is -3.57. The minimum atomic E-state index is -4.65. The molecular formula is C34H39ClF3N3O4S. The number of anilines is 1. The van der Waals surface area contributed by atoms with Gasteiger partial charge >= 0.3 is 6.18 Å². The highest BCUT2D eigenvalue weighted by Crippen LogP contribution is 2.32. The smallest absolute Gasteiger partial charge is 0.352 e. The first-order valence-electron chi connectivity index (χ1n) is 15.3. The van der Waals surface area contributed by atoms with Crippen LogP contribution in [0.15, 0.2) is 78.9 Å². The summed E-state index contributed by atoms with van der Waals surface area (Å²) in [6.07, 6.45) is 1.29. The molecule has 3 aromatic rings. The van der Waals surface area contributed by atoms with Crippen LogP contribution in [0.1, 0.15) is 61.6 Å². The summed E-state index contributed by atoms with van der Waals surface area (Å²) in [5.74, 6) is -0.646. The summed E-state index contributed by atoms with van der Waals surface area (Å²) < 4.78 is 66.3. The van der Waals surface area contributed by atoms with Gasteiger partial charge < -0.3 is 10.2 Å². The monoisotopic (exact) mass is 677 g/mol. The molecule has 1 aliphatic carbocycles. The number of rotatable bonds is 13. The Balaban J connectivity index is 1.59. The number of carbonyl (C=O) groups is 2. The Morgan fingerprint density at radius 1 is 0.935 bits per heavy atom. The molecule has 2 amide bonds. The lowest BCUT2D eigenvalue weighted by Crippen LogP contribution is -2.52. The van der Waals surface area contributed by atoms with Gasteiger partial charge in [-0.1, -0.05) is 79.4 Å². The van der Waals surface area contributed by atoms with E-state index in [1.54, 1.807) is 24.3 Å². The van der Waals surface area contributed by atoms with Gasteiger partial charge in [-0.3, -0.25) is 13.9 Å². The highest BCUT2D eigenvalue weighted by atomic mass is 35.5. The highest BCUT2D eigenvalue weighted by molar-refractivity contribution is 7.92. The van der Waals surface area contributed by atoms with Crippen LogP contribution in [0, 0.1) is 0 Å². The van der Waals surface area contributed by atoms with Crippen LogP contribution in [0.2, 0.25) is 5.02 Å². The summed E-state index contributed by atoms with van der Waals surface area (Å²) >= 11 is 6.10. The molecular weight excluding hydrogens is 639 g/mol. The average molecular weight is 678 g/mol. The zero-order valence-corrected chi connectivity index (χ0v) is 27.3. The van der Waals surface area contributed by atoms with Gasteiger partial charge in [0.1, 0.15) is 6.04 Å². The predicted octanol–water partition coefficient (Wildman–Crippen LogP) is 6.99. The molecule has 1 N–H and O–H groups in total. The number of alkyl halides is 3. The van der Waals surface area contributed by atoms with Crippen molar-refractivity contribution in [1.29, 1.82) is 0 Å². The van der Waals surface area contributed by atoms with Crippen molar-refractivity contribution in [2.24, 2.45) is 0 Å². The van der Waals surface area contributed by atoms with Gasteiger partial charge in [0.25, 0.3) is 0 Å². The maximum Gasteiger partial charge on any atom is 0.416 e. The van der Waals surface area contributed by atoms with Gasteiger partial charge in [0.05, 0.1) is 17.5 Å². The lowest BCUT2D eigenvalue weighted by atomic mass is 9.94. The molecule has 0 spiro atoms.